The van der Waals surface area contributed by atoms with E-state index < -0.39 is 0 Å². The van der Waals surface area contributed by atoms with Crippen LogP contribution in [0.2, 0.25) is 0 Å². The van der Waals surface area contributed by atoms with Gasteiger partial charge in [-0.25, -0.2) is 4.98 Å². The van der Waals surface area contributed by atoms with E-state index in [0.717, 1.165) is 12.4 Å². The Hall–Kier alpha value is -1.62. The highest BCUT2D eigenvalue weighted by atomic mass is 32.1. The Labute approximate surface area is 98.8 Å². The van der Waals surface area contributed by atoms with E-state index in [0.29, 0.717) is 5.95 Å². The van der Waals surface area contributed by atoms with Gasteiger partial charge in [-0.2, -0.15) is 16.3 Å². The van der Waals surface area contributed by atoms with Crippen LogP contribution in [0.25, 0.3) is 0 Å². The first-order valence-electron chi connectivity index (χ1n) is 5.06. The van der Waals surface area contributed by atoms with Crippen molar-refractivity contribution in [3.63, 3.8) is 0 Å². The molecule has 0 fully saturated rings. The molecule has 4 nitrogen and oxygen atoms in total. The van der Waals surface area contributed by atoms with Gasteiger partial charge in [0.05, 0.1) is 0 Å². The fourth-order valence-corrected chi connectivity index (χ4v) is 2.19. The van der Waals surface area contributed by atoms with Gasteiger partial charge >= 0.3 is 0 Å². The largest absolute Gasteiger partial charge is 0.366 e. The summed E-state index contributed by atoms with van der Waals surface area (Å²) in [6, 6.07) is 1.86. The van der Waals surface area contributed by atoms with E-state index in [-0.39, 0.29) is 0 Å². The Morgan fingerprint density at radius 3 is 2.94 bits per heavy atom. The third-order valence-electron chi connectivity index (χ3n) is 2.30. The molecule has 2 rings (SSSR count). The molecule has 0 bridgehead atoms. The van der Waals surface area contributed by atoms with Crippen molar-refractivity contribution >= 4 is 23.1 Å². The fourth-order valence-electron chi connectivity index (χ4n) is 1.33. The molecule has 2 aromatic rings. The van der Waals surface area contributed by atoms with Crippen LogP contribution in [0, 0.1) is 6.92 Å². The summed E-state index contributed by atoms with van der Waals surface area (Å²) in [7, 11) is 1.81. The maximum absolute atomic E-state index is 4.29. The summed E-state index contributed by atoms with van der Waals surface area (Å²) in [5.74, 6) is 1.47. The number of anilines is 2. The zero-order valence-corrected chi connectivity index (χ0v) is 10.1. The average Bonchev–Trinajstić information content (AvgIpc) is 2.72. The first-order valence-corrected chi connectivity index (χ1v) is 6.00. The minimum atomic E-state index is 0.632. The zero-order chi connectivity index (χ0) is 11.4. The zero-order valence-electron chi connectivity index (χ0n) is 9.32. The van der Waals surface area contributed by atoms with Crippen molar-refractivity contribution < 1.29 is 0 Å². The monoisotopic (exact) mass is 234 g/mol. The topological polar surface area (TPSA) is 49.8 Å². The Morgan fingerprint density at radius 1 is 1.38 bits per heavy atom. The summed E-state index contributed by atoms with van der Waals surface area (Å²) in [5.41, 5.74) is 2.63. The summed E-state index contributed by atoms with van der Waals surface area (Å²) in [6.45, 7) is 2.92. The van der Waals surface area contributed by atoms with E-state index in [1.165, 1.54) is 11.1 Å². The van der Waals surface area contributed by atoms with Crippen LogP contribution in [0.15, 0.2) is 23.0 Å². The van der Waals surface area contributed by atoms with Gasteiger partial charge in [0, 0.05) is 19.8 Å². The normalized spacial score (nSPS) is 10.1. The number of hydrogen-bond acceptors (Lipinski definition) is 5. The average molecular weight is 234 g/mol. The Balaban J connectivity index is 2.02. The van der Waals surface area contributed by atoms with Crippen LogP contribution in [0.4, 0.5) is 11.8 Å². The number of aromatic nitrogens is 2. The molecular formula is C11H14N4S. The van der Waals surface area contributed by atoms with Crippen molar-refractivity contribution in [1.82, 2.24) is 9.97 Å². The molecule has 2 N–H and O–H groups in total. The van der Waals surface area contributed by atoms with E-state index in [4.69, 9.17) is 0 Å². The third-order valence-corrected chi connectivity index (χ3v) is 3.21. The standard InChI is InChI=1S/C11H14N4S/c1-8-6-16-7-9(8)5-14-10-3-4-13-11(12-2)15-10/h3-4,6-7H,5H2,1-2H3,(H2,12,13,14,15). The highest BCUT2D eigenvalue weighted by Crippen LogP contribution is 2.15. The Bertz CT molecular complexity index is 467. The van der Waals surface area contributed by atoms with Gasteiger partial charge in [-0.1, -0.05) is 0 Å². The molecular weight excluding hydrogens is 220 g/mol. The summed E-state index contributed by atoms with van der Waals surface area (Å²) >= 11 is 1.72. The highest BCUT2D eigenvalue weighted by molar-refractivity contribution is 7.08. The molecule has 0 aliphatic carbocycles. The molecule has 0 radical (unpaired) electrons. The number of rotatable bonds is 4. The van der Waals surface area contributed by atoms with E-state index >= 15 is 0 Å². The van der Waals surface area contributed by atoms with Crippen LogP contribution >= 0.6 is 11.3 Å². The molecule has 5 heteroatoms. The SMILES string of the molecule is CNc1nccc(NCc2cscc2C)n1. The lowest BCUT2D eigenvalue weighted by atomic mass is 10.2. The van der Waals surface area contributed by atoms with Crippen molar-refractivity contribution in [3.8, 4) is 0 Å². The van der Waals surface area contributed by atoms with Gasteiger partial charge in [0.15, 0.2) is 0 Å². The third kappa shape index (κ3) is 2.49. The van der Waals surface area contributed by atoms with E-state index in [1.807, 2.05) is 13.1 Å². The maximum Gasteiger partial charge on any atom is 0.224 e. The van der Waals surface area contributed by atoms with Crippen molar-refractivity contribution in [2.45, 2.75) is 13.5 Å². The lowest BCUT2D eigenvalue weighted by Crippen LogP contribution is -2.04. The van der Waals surface area contributed by atoms with Crippen molar-refractivity contribution in [2.75, 3.05) is 17.7 Å². The summed E-state index contributed by atoms with van der Waals surface area (Å²) < 4.78 is 0. The molecule has 2 aromatic heterocycles. The van der Waals surface area contributed by atoms with Crippen LogP contribution in [0.3, 0.4) is 0 Å². The van der Waals surface area contributed by atoms with E-state index in [2.05, 4.69) is 38.3 Å². The molecule has 2 heterocycles. The summed E-state index contributed by atoms with van der Waals surface area (Å²) in [6.07, 6.45) is 1.74. The van der Waals surface area contributed by atoms with Crippen molar-refractivity contribution in [1.29, 1.82) is 0 Å². The molecule has 84 valence electrons. The molecule has 0 saturated heterocycles. The van der Waals surface area contributed by atoms with Gasteiger partial charge in [-0.15, -0.1) is 0 Å². The van der Waals surface area contributed by atoms with Gasteiger partial charge in [0.1, 0.15) is 5.82 Å². The van der Waals surface area contributed by atoms with Gasteiger partial charge in [0.25, 0.3) is 0 Å². The van der Waals surface area contributed by atoms with E-state index in [1.54, 1.807) is 17.5 Å². The van der Waals surface area contributed by atoms with Gasteiger partial charge in [0.2, 0.25) is 5.95 Å². The second-order valence-corrected chi connectivity index (χ2v) is 4.19. The first-order chi connectivity index (χ1) is 7.79. The first kappa shape index (κ1) is 10.9. The summed E-state index contributed by atoms with van der Waals surface area (Å²) in [5, 5.41) is 10.5. The minimum absolute atomic E-state index is 0.632. The second kappa shape index (κ2) is 4.94. The van der Waals surface area contributed by atoms with Crippen LogP contribution in [0.1, 0.15) is 11.1 Å². The molecule has 0 aliphatic rings. The van der Waals surface area contributed by atoms with Crippen LogP contribution in [0.5, 0.6) is 0 Å². The predicted octanol–water partition coefficient (Wildman–Crippen LogP) is 2.50. The lowest BCUT2D eigenvalue weighted by molar-refractivity contribution is 1.07. The summed E-state index contributed by atoms with van der Waals surface area (Å²) in [4.78, 5) is 8.35. The van der Waals surface area contributed by atoms with Crippen LogP contribution < -0.4 is 10.6 Å². The number of nitrogens with zero attached hydrogens (tertiary/aromatic N) is 2. The van der Waals surface area contributed by atoms with Gasteiger partial charge in [-0.05, 0) is 34.9 Å². The van der Waals surface area contributed by atoms with Crippen molar-refractivity contribution in [3.05, 3.63) is 34.2 Å². The van der Waals surface area contributed by atoms with Gasteiger partial charge in [-0.3, -0.25) is 0 Å². The maximum atomic E-state index is 4.29. The van der Waals surface area contributed by atoms with E-state index in [9.17, 15) is 0 Å². The molecule has 0 atom stereocenters. The second-order valence-electron chi connectivity index (χ2n) is 3.45. The molecule has 0 aromatic carbocycles. The van der Waals surface area contributed by atoms with Crippen molar-refractivity contribution in [2.24, 2.45) is 0 Å². The molecule has 16 heavy (non-hydrogen) atoms. The fraction of sp³-hybridized carbons (Fsp3) is 0.273. The molecule has 0 amide bonds. The number of nitrogens with one attached hydrogen (secondary N) is 2. The molecule has 0 saturated carbocycles. The smallest absolute Gasteiger partial charge is 0.224 e. The predicted molar refractivity (Wildman–Crippen MR) is 68.0 cm³/mol. The Kier molecular flexibility index (Phi) is 3.36. The highest BCUT2D eigenvalue weighted by Gasteiger charge is 2.00. The van der Waals surface area contributed by atoms with Crippen LogP contribution in [-0.2, 0) is 6.54 Å². The lowest BCUT2D eigenvalue weighted by Gasteiger charge is -2.06. The van der Waals surface area contributed by atoms with Crippen LogP contribution in [-0.4, -0.2) is 17.0 Å². The number of hydrogen-bond donors (Lipinski definition) is 2. The molecule has 0 aliphatic heterocycles. The number of aryl methyl sites for hydroxylation is 1. The number of thiophene rings is 1. The molecule has 0 unspecified atom stereocenters. The Morgan fingerprint density at radius 2 is 2.25 bits per heavy atom. The quantitative estimate of drug-likeness (QED) is 0.853. The van der Waals surface area contributed by atoms with Gasteiger partial charge < -0.3 is 10.6 Å². The molecule has 0 spiro atoms. The minimum Gasteiger partial charge on any atom is -0.366 e.